The van der Waals surface area contributed by atoms with Crippen molar-refractivity contribution < 1.29 is 18.0 Å². The van der Waals surface area contributed by atoms with Crippen LogP contribution in [0.3, 0.4) is 0 Å². The van der Waals surface area contributed by atoms with Gasteiger partial charge in [-0.3, -0.25) is 14.3 Å². The average molecular weight is 614 g/mol. The summed E-state index contributed by atoms with van der Waals surface area (Å²) in [6.45, 7) is 2.31. The van der Waals surface area contributed by atoms with Crippen LogP contribution in [0.25, 0.3) is 17.0 Å². The van der Waals surface area contributed by atoms with E-state index in [9.17, 15) is 22.8 Å². The molecule has 0 bridgehead atoms. The lowest BCUT2D eigenvalue weighted by molar-refractivity contribution is 0.0982. The van der Waals surface area contributed by atoms with Crippen molar-refractivity contribution in [2.75, 3.05) is 14.1 Å². The number of carbonyl (C=O) groups is 1. The lowest BCUT2D eigenvalue weighted by Crippen LogP contribution is -2.25. The number of hydrogen-bond acceptors (Lipinski definition) is 5. The van der Waals surface area contributed by atoms with Crippen LogP contribution in [-0.4, -0.2) is 44.1 Å². The SMILES string of the molecule is Cc1c(C(=O)CC/C=C/c2ccc3nc(Cc4ccc(CN(C)C)cc4)ncc3c2)c(=O)n(Cc2cc(F)c(F)c(F)c2)n1C. The van der Waals surface area contributed by atoms with Crippen LogP contribution in [0, 0.1) is 24.4 Å². The van der Waals surface area contributed by atoms with Crippen LogP contribution >= 0.6 is 0 Å². The van der Waals surface area contributed by atoms with Crippen molar-refractivity contribution in [1.29, 1.82) is 0 Å². The van der Waals surface area contributed by atoms with Gasteiger partial charge in [-0.2, -0.15) is 0 Å². The number of ketones is 1. The van der Waals surface area contributed by atoms with Crippen molar-refractivity contribution in [3.63, 3.8) is 0 Å². The van der Waals surface area contributed by atoms with Crippen molar-refractivity contribution in [1.82, 2.24) is 24.2 Å². The third-order valence-corrected chi connectivity index (χ3v) is 7.70. The van der Waals surface area contributed by atoms with E-state index in [1.807, 2.05) is 50.6 Å². The summed E-state index contributed by atoms with van der Waals surface area (Å²) < 4.78 is 43.4. The molecule has 0 aliphatic rings. The molecule has 3 aromatic carbocycles. The summed E-state index contributed by atoms with van der Waals surface area (Å²) >= 11 is 0. The van der Waals surface area contributed by atoms with Gasteiger partial charge >= 0.3 is 0 Å². The third kappa shape index (κ3) is 7.29. The highest BCUT2D eigenvalue weighted by Crippen LogP contribution is 2.18. The lowest BCUT2D eigenvalue weighted by Gasteiger charge is -2.10. The van der Waals surface area contributed by atoms with Gasteiger partial charge in [0.25, 0.3) is 5.56 Å². The first-order valence-electron chi connectivity index (χ1n) is 14.6. The Labute approximate surface area is 259 Å². The van der Waals surface area contributed by atoms with Crippen molar-refractivity contribution in [3.05, 3.63) is 134 Å². The van der Waals surface area contributed by atoms with E-state index in [4.69, 9.17) is 4.98 Å². The van der Waals surface area contributed by atoms with Crippen LogP contribution in [-0.2, 0) is 26.6 Å². The van der Waals surface area contributed by atoms with Gasteiger partial charge in [-0.05, 0) is 74.0 Å². The van der Waals surface area contributed by atoms with E-state index >= 15 is 0 Å². The number of Topliss-reactive ketones (excluding diaryl/α,β-unsaturated/α-hetero) is 1. The monoisotopic (exact) mass is 613 g/mol. The van der Waals surface area contributed by atoms with Crippen molar-refractivity contribution in [3.8, 4) is 0 Å². The number of allylic oxidation sites excluding steroid dienone is 1. The molecule has 0 aliphatic carbocycles. The minimum Gasteiger partial charge on any atom is -0.305 e. The lowest BCUT2D eigenvalue weighted by atomic mass is 10.1. The molecule has 2 aromatic heterocycles. The van der Waals surface area contributed by atoms with E-state index in [1.165, 1.54) is 14.9 Å². The van der Waals surface area contributed by atoms with E-state index in [-0.39, 0.29) is 29.9 Å². The molecule has 10 heteroatoms. The van der Waals surface area contributed by atoms with Crippen molar-refractivity contribution in [2.24, 2.45) is 7.05 Å². The Hall–Kier alpha value is -4.83. The van der Waals surface area contributed by atoms with Crippen molar-refractivity contribution >= 4 is 22.8 Å². The van der Waals surface area contributed by atoms with Gasteiger partial charge < -0.3 is 4.90 Å². The van der Waals surface area contributed by atoms with Crippen LogP contribution < -0.4 is 5.56 Å². The summed E-state index contributed by atoms with van der Waals surface area (Å²) in [6, 6.07) is 16.0. The fourth-order valence-corrected chi connectivity index (χ4v) is 5.28. The van der Waals surface area contributed by atoms with Gasteiger partial charge in [-0.25, -0.2) is 27.8 Å². The highest BCUT2D eigenvalue weighted by molar-refractivity contribution is 5.97. The van der Waals surface area contributed by atoms with E-state index in [1.54, 1.807) is 14.0 Å². The fourth-order valence-electron chi connectivity index (χ4n) is 5.28. The Morgan fingerprint density at radius 2 is 1.64 bits per heavy atom. The second-order valence-corrected chi connectivity index (χ2v) is 11.4. The number of benzene rings is 3. The zero-order valence-electron chi connectivity index (χ0n) is 25.7. The predicted molar refractivity (Wildman–Crippen MR) is 169 cm³/mol. The van der Waals surface area contributed by atoms with Gasteiger partial charge in [0.1, 0.15) is 11.4 Å². The van der Waals surface area contributed by atoms with Crippen LogP contribution in [0.5, 0.6) is 0 Å². The molecule has 0 saturated carbocycles. The van der Waals surface area contributed by atoms with E-state index in [0.29, 0.717) is 18.5 Å². The molecular weight excluding hydrogens is 579 g/mol. The standard InChI is InChI=1S/C35H34F3N5O2/c1-22-33(35(45)43(42(22)4)21-26-16-28(36)34(38)29(37)17-26)31(44)8-6-5-7-23-13-14-30-27(15-23)19-39-32(40-30)18-24-9-11-25(12-10-24)20-41(2)3/h5,7,9-17,19H,6,8,18,20-21H2,1-4H3/b7-5+. The largest absolute Gasteiger partial charge is 0.305 e. The summed E-state index contributed by atoms with van der Waals surface area (Å²) in [5.41, 5.74) is 4.14. The van der Waals surface area contributed by atoms with Gasteiger partial charge in [0.2, 0.25) is 0 Å². The van der Waals surface area contributed by atoms with Crippen LogP contribution in [0.2, 0.25) is 0 Å². The molecule has 0 radical (unpaired) electrons. The molecule has 232 valence electrons. The molecule has 45 heavy (non-hydrogen) atoms. The first-order chi connectivity index (χ1) is 21.5. The Balaban J connectivity index is 1.21. The maximum Gasteiger partial charge on any atom is 0.278 e. The average Bonchev–Trinajstić information content (AvgIpc) is 3.21. The molecule has 0 spiro atoms. The Morgan fingerprint density at radius 3 is 2.33 bits per heavy atom. The number of halogens is 3. The van der Waals surface area contributed by atoms with Crippen LogP contribution in [0.4, 0.5) is 13.2 Å². The molecule has 5 aromatic rings. The molecular formula is C35H34F3N5O2. The van der Waals surface area contributed by atoms with Gasteiger partial charge in [0, 0.05) is 43.7 Å². The van der Waals surface area contributed by atoms with Crippen molar-refractivity contribution in [2.45, 2.75) is 39.3 Å². The summed E-state index contributed by atoms with van der Waals surface area (Å²) in [4.78, 5) is 37.5. The first-order valence-corrected chi connectivity index (χ1v) is 14.6. The van der Waals surface area contributed by atoms with E-state index < -0.39 is 23.0 Å². The zero-order chi connectivity index (χ0) is 32.2. The second kappa shape index (κ2) is 13.4. The predicted octanol–water partition coefficient (Wildman–Crippen LogP) is 6.23. The molecule has 0 aliphatic heterocycles. The van der Waals surface area contributed by atoms with Gasteiger partial charge in [0.15, 0.2) is 23.2 Å². The fraction of sp³-hybridized carbons (Fsp3) is 0.257. The summed E-state index contributed by atoms with van der Waals surface area (Å²) in [5, 5.41) is 0.902. The number of rotatable bonds is 11. The Morgan fingerprint density at radius 1 is 0.956 bits per heavy atom. The number of fused-ring (bicyclic) bond motifs is 1. The number of aromatic nitrogens is 4. The minimum atomic E-state index is -1.57. The molecule has 0 amide bonds. The van der Waals surface area contributed by atoms with Gasteiger partial charge in [-0.1, -0.05) is 42.5 Å². The van der Waals surface area contributed by atoms with Crippen LogP contribution in [0.1, 0.15) is 57.0 Å². The Bertz CT molecular complexity index is 1940. The summed E-state index contributed by atoms with van der Waals surface area (Å²) in [5.74, 6) is -3.84. The third-order valence-electron chi connectivity index (χ3n) is 7.70. The molecule has 0 atom stereocenters. The van der Waals surface area contributed by atoms with Gasteiger partial charge in [0.05, 0.1) is 12.1 Å². The molecule has 0 fully saturated rings. The topological polar surface area (TPSA) is 73.0 Å². The normalized spacial score (nSPS) is 11.7. The molecule has 2 heterocycles. The summed E-state index contributed by atoms with van der Waals surface area (Å²) in [7, 11) is 5.67. The second-order valence-electron chi connectivity index (χ2n) is 11.4. The zero-order valence-corrected chi connectivity index (χ0v) is 25.7. The highest BCUT2D eigenvalue weighted by atomic mass is 19.2. The molecule has 5 rings (SSSR count). The number of hydrogen-bond donors (Lipinski definition) is 0. The quantitative estimate of drug-likeness (QED) is 0.130. The minimum absolute atomic E-state index is 0.0251. The Kier molecular flexibility index (Phi) is 9.43. The van der Waals surface area contributed by atoms with Crippen LogP contribution in [0.15, 0.2) is 71.7 Å². The van der Waals surface area contributed by atoms with Gasteiger partial charge in [-0.15, -0.1) is 0 Å². The van der Waals surface area contributed by atoms with E-state index in [0.717, 1.165) is 46.5 Å². The summed E-state index contributed by atoms with van der Waals surface area (Å²) in [6.07, 6.45) is 6.74. The maximum absolute atomic E-state index is 13.7. The smallest absolute Gasteiger partial charge is 0.278 e. The molecule has 0 saturated heterocycles. The molecule has 7 nitrogen and oxygen atoms in total. The first kappa shape index (κ1) is 31.6. The molecule has 0 N–H and O–H groups in total. The number of carbonyl (C=O) groups excluding carboxylic acids is 1. The maximum atomic E-state index is 13.7. The molecule has 0 unspecified atom stereocenters. The highest BCUT2D eigenvalue weighted by Gasteiger charge is 2.21. The van der Waals surface area contributed by atoms with E-state index in [2.05, 4.69) is 34.1 Å². The number of nitrogens with zero attached hydrogens (tertiary/aromatic N) is 5.